The van der Waals surface area contributed by atoms with Gasteiger partial charge in [0.2, 0.25) is 0 Å². The first kappa shape index (κ1) is 63.9. The van der Waals surface area contributed by atoms with Gasteiger partial charge in [-0.15, -0.1) is 20.2 Å². The zero-order valence-corrected chi connectivity index (χ0v) is 20.0. The molecule has 0 amide bonds. The minimum atomic E-state index is -1.50. The van der Waals surface area contributed by atoms with Crippen molar-refractivity contribution in [3.8, 4) is 0 Å². The molecular formula is C6H27AlBaCaN4O12. The molecule has 0 radical (unpaired) electrons. The van der Waals surface area contributed by atoms with E-state index in [4.69, 9.17) is 60.3 Å². The van der Waals surface area contributed by atoms with Crippen molar-refractivity contribution in [1.29, 1.82) is 0 Å². The van der Waals surface area contributed by atoms with Gasteiger partial charge in [-0.2, -0.15) is 0 Å². The van der Waals surface area contributed by atoms with Crippen molar-refractivity contribution < 1.29 is 56.0 Å². The average molecular weight is 552 g/mol. The van der Waals surface area contributed by atoms with Crippen LogP contribution < -0.4 is 12.3 Å². The predicted octanol–water partition coefficient (Wildman–Crippen LogP) is -1.59. The normalized spacial score (nSPS) is 4.92. The summed E-state index contributed by atoms with van der Waals surface area (Å²) >= 11 is 0. The molecule has 0 unspecified atom stereocenters. The monoisotopic (exact) mass is 552 g/mol. The number of rotatable bonds is 0. The smallest absolute Gasteiger partial charge is 1.00 e. The molecule has 0 fully saturated rings. The van der Waals surface area contributed by atoms with Gasteiger partial charge in [0.05, 0.1) is 0 Å². The molecule has 0 aromatic heterocycles. The van der Waals surface area contributed by atoms with Gasteiger partial charge in [-0.25, -0.2) is 0 Å². The van der Waals surface area contributed by atoms with Crippen LogP contribution in [0.5, 0.6) is 0 Å². The Balaban J connectivity index is -0.00000000750. The van der Waals surface area contributed by atoms with Crippen molar-refractivity contribution in [3.63, 3.8) is 0 Å². The quantitative estimate of drug-likeness (QED) is 0.101. The summed E-state index contributed by atoms with van der Waals surface area (Å²) in [5, 5.41) is 49.5. The molecule has 0 rings (SSSR count). The molecule has 0 bridgehead atoms. The standard InChI is InChI=1S/3C2H4O2.Al.Ba.Ca.2HNO3.2H3N.7H/c3*1-2(3)4;;;;2*2-1(3)4;;;;;;;;;/h3*1H3,(H,3,4);;;;2*(H,2,3,4);2*1H3;;;;;;;/q;;;;2*+2;;;;;;;;4*-1. The summed E-state index contributed by atoms with van der Waals surface area (Å²) in [5.74, 6) is -2.50. The van der Waals surface area contributed by atoms with Crippen molar-refractivity contribution in [1.82, 2.24) is 12.3 Å². The topological polar surface area (TPSA) is 309 Å². The van der Waals surface area contributed by atoms with E-state index in [0.717, 1.165) is 20.8 Å². The first-order valence-corrected chi connectivity index (χ1v) is 3.91. The Morgan fingerprint density at radius 1 is 0.760 bits per heavy atom. The van der Waals surface area contributed by atoms with Crippen LogP contribution in [0.2, 0.25) is 0 Å². The van der Waals surface area contributed by atoms with Crippen LogP contribution in [0.15, 0.2) is 0 Å². The van der Waals surface area contributed by atoms with Crippen molar-refractivity contribution in [2.24, 2.45) is 0 Å². The van der Waals surface area contributed by atoms with E-state index in [-0.39, 0.29) is 122 Å². The summed E-state index contributed by atoms with van der Waals surface area (Å²) in [5.41, 5.74) is 0. The Labute approximate surface area is 228 Å². The van der Waals surface area contributed by atoms with Crippen LogP contribution in [0, 0.1) is 20.2 Å². The first-order valence-electron chi connectivity index (χ1n) is 3.91. The van der Waals surface area contributed by atoms with Crippen molar-refractivity contribution >= 4 is 122 Å². The van der Waals surface area contributed by atoms with Gasteiger partial charge >= 0.3 is 86.6 Å². The third-order valence-corrected chi connectivity index (χ3v) is 0. The number of hydrogen-bond donors (Lipinski definition) is 7. The molecule has 16 nitrogen and oxygen atoms in total. The second-order valence-corrected chi connectivity index (χ2v) is 2.03. The van der Waals surface area contributed by atoms with Gasteiger partial charge in [0.25, 0.3) is 28.1 Å². The minimum absolute atomic E-state index is 0. The van der Waals surface area contributed by atoms with E-state index in [1.54, 1.807) is 0 Å². The largest absolute Gasteiger partial charge is 2.00 e. The van der Waals surface area contributed by atoms with Gasteiger partial charge in [0.15, 0.2) is 17.4 Å². The third-order valence-electron chi connectivity index (χ3n) is 0. The molecule has 0 aliphatic carbocycles. The van der Waals surface area contributed by atoms with Crippen LogP contribution in [0.1, 0.15) is 26.5 Å². The average Bonchev–Trinajstić information content (AvgIpc) is 1.94. The maximum atomic E-state index is 9.00. The molecule has 0 aromatic rings. The van der Waals surface area contributed by atoms with E-state index >= 15 is 0 Å². The summed E-state index contributed by atoms with van der Waals surface area (Å²) < 4.78 is 0. The fraction of sp³-hybridized carbons (Fsp3) is 0.500. The molecule has 0 aromatic carbocycles. The molecule has 0 saturated heterocycles. The molecule has 0 atom stereocenters. The molecular weight excluding hydrogens is 524 g/mol. The number of carboxylic acids is 3. The van der Waals surface area contributed by atoms with E-state index in [2.05, 4.69) is 0 Å². The fourth-order valence-corrected chi connectivity index (χ4v) is 0. The Kier molecular flexibility index (Phi) is 144. The SMILES string of the molecule is CC(=O)O.CC(=O)O.CC(=O)O.N.N.O=[N+]([O-])O.O=[N+]([O-])O.[AlH3].[Ba+2].[Ca+2].[H-].[H-].[H-].[H-]. The predicted molar refractivity (Wildman–Crippen MR) is 93.4 cm³/mol. The van der Waals surface area contributed by atoms with Crippen molar-refractivity contribution in [3.05, 3.63) is 20.2 Å². The maximum Gasteiger partial charge on any atom is 2.00 e. The van der Waals surface area contributed by atoms with Gasteiger partial charge in [0, 0.05) is 20.8 Å². The van der Waals surface area contributed by atoms with Gasteiger partial charge in [-0.05, 0) is 0 Å². The zero-order valence-electron chi connectivity index (χ0n) is 17.3. The molecule has 11 N–H and O–H groups in total. The van der Waals surface area contributed by atoms with Crippen LogP contribution in [0.25, 0.3) is 0 Å². The van der Waals surface area contributed by atoms with Crippen LogP contribution in [0.4, 0.5) is 0 Å². The van der Waals surface area contributed by atoms with E-state index in [9.17, 15) is 0 Å². The first-order chi connectivity index (χ1) is 8.66. The van der Waals surface area contributed by atoms with E-state index in [1.165, 1.54) is 0 Å². The van der Waals surface area contributed by atoms with Crippen LogP contribution in [-0.4, -0.2) is 158 Å². The molecule has 25 heavy (non-hydrogen) atoms. The minimum Gasteiger partial charge on any atom is -1.00 e. The summed E-state index contributed by atoms with van der Waals surface area (Å²) in [6.07, 6.45) is 0. The Bertz CT molecular complexity index is 251. The zero-order chi connectivity index (χ0) is 17.9. The summed E-state index contributed by atoms with van der Waals surface area (Å²) in [4.78, 5) is 43.7. The van der Waals surface area contributed by atoms with Gasteiger partial charge < -0.3 is 43.7 Å². The van der Waals surface area contributed by atoms with E-state index < -0.39 is 28.1 Å². The molecule has 0 saturated carbocycles. The molecule has 0 heterocycles. The second-order valence-electron chi connectivity index (χ2n) is 2.03. The molecule has 19 heteroatoms. The van der Waals surface area contributed by atoms with Crippen LogP contribution in [0.3, 0.4) is 0 Å². The van der Waals surface area contributed by atoms with Crippen LogP contribution >= 0.6 is 0 Å². The molecule has 150 valence electrons. The number of nitrogens with zero attached hydrogens (tertiary/aromatic N) is 2. The molecule has 0 aliphatic rings. The third kappa shape index (κ3) is 1340000. The van der Waals surface area contributed by atoms with E-state index in [1.807, 2.05) is 0 Å². The number of hydrogen-bond acceptors (Lipinski definition) is 9. The van der Waals surface area contributed by atoms with Crippen molar-refractivity contribution in [2.45, 2.75) is 20.8 Å². The fourth-order valence-electron chi connectivity index (χ4n) is 0. The summed E-state index contributed by atoms with van der Waals surface area (Å²) in [6.45, 7) is 3.25. The number of carboxylic acid groups (broad SMARTS) is 3. The van der Waals surface area contributed by atoms with Gasteiger partial charge in [-0.3, -0.25) is 14.4 Å². The molecule has 0 aliphatic heterocycles. The Morgan fingerprint density at radius 3 is 0.760 bits per heavy atom. The Hall–Kier alpha value is 0.0936. The molecule has 0 spiro atoms. The summed E-state index contributed by atoms with van der Waals surface area (Å²) in [7, 11) is 0. The Morgan fingerprint density at radius 2 is 0.760 bits per heavy atom. The second kappa shape index (κ2) is 56.4. The van der Waals surface area contributed by atoms with Gasteiger partial charge in [0.1, 0.15) is 0 Å². The summed E-state index contributed by atoms with van der Waals surface area (Å²) in [6, 6.07) is 0. The van der Waals surface area contributed by atoms with E-state index in [0.29, 0.717) is 0 Å². The van der Waals surface area contributed by atoms with Gasteiger partial charge in [-0.1, -0.05) is 0 Å². The number of aliphatic carboxylic acids is 3. The van der Waals surface area contributed by atoms with Crippen molar-refractivity contribution in [2.75, 3.05) is 0 Å². The van der Waals surface area contributed by atoms with Crippen LogP contribution in [-0.2, 0) is 14.4 Å². The maximum absolute atomic E-state index is 9.00. The number of carbonyl (C=O) groups is 3.